The van der Waals surface area contributed by atoms with E-state index in [1.165, 1.54) is 25.0 Å². The largest absolute Gasteiger partial charge is 0.508 e. The molecule has 0 aromatic heterocycles. The molecule has 5 nitrogen and oxygen atoms in total. The highest BCUT2D eigenvalue weighted by Gasteiger charge is 2.61. The molecule has 146 valence electrons. The minimum absolute atomic E-state index is 0.165. The predicted molar refractivity (Wildman–Crippen MR) is 99.2 cm³/mol. The van der Waals surface area contributed by atoms with Crippen LogP contribution in [-0.4, -0.2) is 29.3 Å². The van der Waals surface area contributed by atoms with E-state index >= 15 is 0 Å². The first-order chi connectivity index (χ1) is 12.8. The molecule has 27 heavy (non-hydrogen) atoms. The molecule has 0 radical (unpaired) electrons. The summed E-state index contributed by atoms with van der Waals surface area (Å²) in [6.07, 6.45) is 4.00. The number of carbonyl (C=O) groups is 2. The average Bonchev–Trinajstić information content (AvgIpc) is 2.85. The van der Waals surface area contributed by atoms with Gasteiger partial charge in [-0.25, -0.2) is 0 Å². The Labute approximate surface area is 160 Å². The maximum atomic E-state index is 11.7. The summed E-state index contributed by atoms with van der Waals surface area (Å²) in [6, 6.07) is 5.76. The lowest BCUT2D eigenvalue weighted by Crippen LogP contribution is -2.46. The van der Waals surface area contributed by atoms with Gasteiger partial charge in [0.15, 0.2) is 0 Å². The average molecular weight is 372 g/mol. The van der Waals surface area contributed by atoms with Crippen molar-refractivity contribution < 1.29 is 24.2 Å². The third-order valence-electron chi connectivity index (χ3n) is 7.23. The van der Waals surface area contributed by atoms with Gasteiger partial charge in [-0.2, -0.15) is 0 Å². The first-order valence-corrected chi connectivity index (χ1v) is 9.96. The van der Waals surface area contributed by atoms with E-state index in [4.69, 9.17) is 9.47 Å². The van der Waals surface area contributed by atoms with Crippen LogP contribution in [0.4, 0.5) is 0 Å². The van der Waals surface area contributed by atoms with Gasteiger partial charge in [-0.1, -0.05) is 13.0 Å². The molecular formula is C22H28O5. The number of ether oxygens (including phenoxy) is 2. The number of fused-ring (bicyclic) bond motifs is 5. The summed E-state index contributed by atoms with van der Waals surface area (Å²) in [7, 11) is 0. The topological polar surface area (TPSA) is 72.8 Å². The summed E-state index contributed by atoms with van der Waals surface area (Å²) in [6.45, 7) is 5.05. The molecule has 0 aliphatic heterocycles. The van der Waals surface area contributed by atoms with Crippen molar-refractivity contribution in [3.05, 3.63) is 29.3 Å². The van der Waals surface area contributed by atoms with Gasteiger partial charge in [0, 0.05) is 19.3 Å². The Bertz CT molecular complexity index is 772. The van der Waals surface area contributed by atoms with Crippen LogP contribution >= 0.6 is 0 Å². The van der Waals surface area contributed by atoms with Crippen LogP contribution in [0.3, 0.4) is 0 Å². The highest BCUT2D eigenvalue weighted by atomic mass is 16.6. The van der Waals surface area contributed by atoms with Crippen LogP contribution in [0.2, 0.25) is 0 Å². The molecule has 0 saturated heterocycles. The number of carbonyl (C=O) groups excluding carboxylic acids is 2. The van der Waals surface area contributed by atoms with E-state index in [0.717, 1.165) is 32.1 Å². The van der Waals surface area contributed by atoms with E-state index in [2.05, 4.69) is 13.0 Å². The number of phenols is 1. The van der Waals surface area contributed by atoms with E-state index in [-0.39, 0.29) is 29.6 Å². The Morgan fingerprint density at radius 3 is 2.59 bits per heavy atom. The first-order valence-electron chi connectivity index (χ1n) is 9.96. The molecular weight excluding hydrogens is 344 g/mol. The monoisotopic (exact) mass is 372 g/mol. The van der Waals surface area contributed by atoms with E-state index in [0.29, 0.717) is 23.5 Å². The van der Waals surface area contributed by atoms with Gasteiger partial charge in [-0.15, -0.1) is 0 Å². The fourth-order valence-electron chi connectivity index (χ4n) is 6.22. The highest BCUT2D eigenvalue weighted by molar-refractivity contribution is 5.67. The van der Waals surface area contributed by atoms with Crippen molar-refractivity contribution in [3.63, 3.8) is 0 Å². The van der Waals surface area contributed by atoms with Gasteiger partial charge in [-0.3, -0.25) is 9.59 Å². The summed E-state index contributed by atoms with van der Waals surface area (Å²) in [5.74, 6) is 0.998. The summed E-state index contributed by atoms with van der Waals surface area (Å²) in [4.78, 5) is 23.4. The van der Waals surface area contributed by atoms with E-state index in [1.807, 2.05) is 6.07 Å². The normalized spacial score (nSPS) is 36.9. The quantitative estimate of drug-likeness (QED) is 0.801. The second kappa shape index (κ2) is 6.54. The molecule has 3 unspecified atom stereocenters. The van der Waals surface area contributed by atoms with Crippen LogP contribution in [0.1, 0.15) is 63.5 Å². The van der Waals surface area contributed by atoms with Gasteiger partial charge in [0.2, 0.25) is 0 Å². The SMILES string of the molecule is CC(=O)O[C@@H]1CC2C3CCc4cc(O)ccc4C3CC[C@]2(C)[C@H]1OC(C)=O. The van der Waals surface area contributed by atoms with E-state index < -0.39 is 0 Å². The van der Waals surface area contributed by atoms with Crippen molar-refractivity contribution >= 4 is 11.9 Å². The van der Waals surface area contributed by atoms with Crippen LogP contribution in [0.5, 0.6) is 5.75 Å². The maximum Gasteiger partial charge on any atom is 0.303 e. The maximum absolute atomic E-state index is 11.7. The van der Waals surface area contributed by atoms with Crippen LogP contribution in [0.15, 0.2) is 18.2 Å². The molecule has 0 bridgehead atoms. The zero-order chi connectivity index (χ0) is 19.3. The Hall–Kier alpha value is -2.04. The molecule has 2 fully saturated rings. The lowest BCUT2D eigenvalue weighted by Gasteiger charge is -2.50. The van der Waals surface area contributed by atoms with Crippen LogP contribution in [0.25, 0.3) is 0 Å². The van der Waals surface area contributed by atoms with E-state index in [1.54, 1.807) is 6.07 Å². The lowest BCUT2D eigenvalue weighted by atomic mass is 9.55. The molecule has 1 N–H and O–H groups in total. The molecule has 6 atom stereocenters. The number of aromatic hydroxyl groups is 1. The lowest BCUT2D eigenvalue weighted by molar-refractivity contribution is -0.171. The number of rotatable bonds is 2. The Morgan fingerprint density at radius 2 is 1.89 bits per heavy atom. The number of aryl methyl sites for hydroxylation is 1. The van der Waals surface area contributed by atoms with Crippen molar-refractivity contribution in [1.29, 1.82) is 0 Å². The summed E-state index contributed by atoms with van der Waals surface area (Å²) in [5.41, 5.74) is 2.44. The van der Waals surface area contributed by atoms with Gasteiger partial charge < -0.3 is 14.6 Å². The summed E-state index contributed by atoms with van der Waals surface area (Å²) >= 11 is 0. The standard InChI is InChI=1S/C22H28O5/c1-12(23)26-20-11-19-18-6-4-14-10-15(25)5-7-16(14)17(18)8-9-22(19,3)21(20)27-13(2)24/h5,7,10,17-21,25H,4,6,8-9,11H2,1-3H3/t17?,18?,19?,20-,21+,22+/m1/s1. The summed E-state index contributed by atoms with van der Waals surface area (Å²) in [5, 5.41) is 9.82. The zero-order valence-electron chi connectivity index (χ0n) is 16.2. The number of hydrogen-bond acceptors (Lipinski definition) is 5. The van der Waals surface area contributed by atoms with E-state index in [9.17, 15) is 14.7 Å². The highest BCUT2D eigenvalue weighted by Crippen LogP contribution is 2.62. The van der Waals surface area contributed by atoms with Crippen molar-refractivity contribution in [2.75, 3.05) is 0 Å². The molecule has 3 aliphatic carbocycles. The van der Waals surface area contributed by atoms with Gasteiger partial charge in [-0.05, 0) is 73.1 Å². The number of hydrogen-bond donors (Lipinski definition) is 1. The first kappa shape index (κ1) is 18.3. The number of phenolic OH excluding ortho intramolecular Hbond substituents is 1. The van der Waals surface area contributed by atoms with Gasteiger partial charge in [0.05, 0.1) is 0 Å². The fourth-order valence-corrected chi connectivity index (χ4v) is 6.22. The third-order valence-corrected chi connectivity index (χ3v) is 7.23. The van der Waals surface area contributed by atoms with Crippen molar-refractivity contribution in [3.8, 4) is 5.75 Å². The molecule has 1 aromatic rings. The second-order valence-electron chi connectivity index (χ2n) is 8.76. The van der Waals surface area contributed by atoms with Crippen LogP contribution in [0, 0.1) is 17.3 Å². The molecule has 2 saturated carbocycles. The smallest absolute Gasteiger partial charge is 0.303 e. The van der Waals surface area contributed by atoms with Gasteiger partial charge >= 0.3 is 11.9 Å². The molecule has 0 amide bonds. The molecule has 0 heterocycles. The van der Waals surface area contributed by atoms with Gasteiger partial charge in [0.1, 0.15) is 18.0 Å². The zero-order valence-corrected chi connectivity index (χ0v) is 16.2. The third kappa shape index (κ3) is 3.01. The van der Waals surface area contributed by atoms with Crippen molar-refractivity contribution in [1.82, 2.24) is 0 Å². The second-order valence-corrected chi connectivity index (χ2v) is 8.76. The molecule has 4 rings (SSSR count). The van der Waals surface area contributed by atoms with Crippen molar-refractivity contribution in [2.24, 2.45) is 17.3 Å². The van der Waals surface area contributed by atoms with Crippen LogP contribution < -0.4 is 0 Å². The van der Waals surface area contributed by atoms with Crippen molar-refractivity contribution in [2.45, 2.75) is 71.0 Å². The molecule has 3 aliphatic rings. The Morgan fingerprint density at radius 1 is 1.15 bits per heavy atom. The molecule has 0 spiro atoms. The summed E-state index contributed by atoms with van der Waals surface area (Å²) < 4.78 is 11.3. The van der Waals surface area contributed by atoms with Crippen LogP contribution in [-0.2, 0) is 25.5 Å². The Kier molecular flexibility index (Phi) is 4.44. The Balaban J connectivity index is 1.66. The molecule has 1 aromatic carbocycles. The number of esters is 2. The predicted octanol–water partition coefficient (Wildman–Crippen LogP) is 3.72. The fraction of sp³-hybridized carbons (Fsp3) is 0.636. The molecule has 5 heteroatoms. The minimum atomic E-state index is -0.369. The minimum Gasteiger partial charge on any atom is -0.508 e. The number of benzene rings is 1. The van der Waals surface area contributed by atoms with Gasteiger partial charge in [0.25, 0.3) is 0 Å².